The van der Waals surface area contributed by atoms with E-state index in [1.807, 2.05) is 37.5 Å². The van der Waals surface area contributed by atoms with Crippen molar-refractivity contribution in [1.82, 2.24) is 24.1 Å². The molecule has 1 atom stereocenters. The summed E-state index contributed by atoms with van der Waals surface area (Å²) in [4.78, 5) is 41.2. The minimum Gasteiger partial charge on any atom is -0.480 e. The molecule has 3 aromatic heterocycles. The van der Waals surface area contributed by atoms with Gasteiger partial charge in [-0.05, 0) is 50.1 Å². The van der Waals surface area contributed by atoms with Crippen molar-refractivity contribution >= 4 is 40.7 Å². The van der Waals surface area contributed by atoms with Gasteiger partial charge in [0.05, 0.1) is 31.2 Å². The second-order valence-electron chi connectivity index (χ2n) is 9.58. The van der Waals surface area contributed by atoms with Crippen LogP contribution in [0.1, 0.15) is 42.8 Å². The Morgan fingerprint density at radius 3 is 2.45 bits per heavy atom. The highest BCUT2D eigenvalue weighted by molar-refractivity contribution is 6.31. The molecule has 2 amide bonds. The molecule has 1 aliphatic heterocycles. The van der Waals surface area contributed by atoms with Gasteiger partial charge in [0.15, 0.2) is 5.82 Å². The highest BCUT2D eigenvalue weighted by atomic mass is 35.5. The normalized spacial score (nSPS) is 14.8. The molecule has 0 saturated heterocycles. The van der Waals surface area contributed by atoms with Gasteiger partial charge in [-0.2, -0.15) is 4.98 Å². The van der Waals surface area contributed by atoms with Crippen molar-refractivity contribution in [2.45, 2.75) is 32.9 Å². The maximum absolute atomic E-state index is 13.8. The van der Waals surface area contributed by atoms with Crippen LogP contribution in [0, 0.1) is 6.92 Å². The Balaban J connectivity index is 1.84. The van der Waals surface area contributed by atoms with Crippen LogP contribution in [-0.4, -0.2) is 44.3 Å². The molecule has 0 spiro atoms. The third-order valence-corrected chi connectivity index (χ3v) is 7.21. The molecule has 1 N–H and O–H groups in total. The van der Waals surface area contributed by atoms with Crippen LogP contribution < -0.4 is 25.2 Å². The van der Waals surface area contributed by atoms with Crippen LogP contribution in [0.4, 0.5) is 16.3 Å². The molecule has 11 nitrogen and oxygen atoms in total. The zero-order chi connectivity index (χ0) is 28.9. The fourth-order valence-electron chi connectivity index (χ4n) is 4.96. The van der Waals surface area contributed by atoms with E-state index in [1.54, 1.807) is 30.4 Å². The van der Waals surface area contributed by atoms with Crippen molar-refractivity contribution in [1.29, 1.82) is 0 Å². The number of fused-ring (bicyclic) bond motifs is 1. The average Bonchev–Trinajstić information content (AvgIpc) is 3.29. The third-order valence-electron chi connectivity index (χ3n) is 6.70. The number of carbonyl (C=O) groups is 1. The molecule has 5 rings (SSSR count). The number of benzene rings is 1. The summed E-state index contributed by atoms with van der Waals surface area (Å²) in [5.74, 6) is 1.14. The topological polar surface area (TPSA) is 116 Å². The fourth-order valence-corrected chi connectivity index (χ4v) is 5.43. The van der Waals surface area contributed by atoms with Crippen molar-refractivity contribution in [2.75, 3.05) is 24.4 Å². The molecule has 13 heteroatoms. The van der Waals surface area contributed by atoms with Crippen molar-refractivity contribution in [3.8, 4) is 23.3 Å². The first-order valence-corrected chi connectivity index (χ1v) is 13.1. The van der Waals surface area contributed by atoms with E-state index in [2.05, 4.69) is 15.3 Å². The van der Waals surface area contributed by atoms with Crippen molar-refractivity contribution in [2.24, 2.45) is 7.05 Å². The lowest BCUT2D eigenvalue weighted by atomic mass is 9.95. The van der Waals surface area contributed by atoms with E-state index in [1.165, 1.54) is 24.9 Å². The first-order valence-electron chi connectivity index (χ1n) is 12.4. The Hall–Kier alpha value is -4.09. The number of rotatable bonds is 6. The van der Waals surface area contributed by atoms with Crippen LogP contribution in [-0.2, 0) is 7.05 Å². The molecule has 1 unspecified atom stereocenters. The number of aromatic nitrogens is 5. The van der Waals surface area contributed by atoms with Crippen LogP contribution in [0.25, 0.3) is 11.4 Å². The Labute approximate surface area is 240 Å². The molecule has 0 bridgehead atoms. The minimum absolute atomic E-state index is 0.0108. The lowest BCUT2D eigenvalue weighted by molar-refractivity contribution is 0.254. The molecule has 4 aromatic rings. The van der Waals surface area contributed by atoms with Crippen molar-refractivity contribution in [3.63, 3.8) is 0 Å². The molecule has 1 aromatic carbocycles. The third kappa shape index (κ3) is 4.54. The lowest BCUT2D eigenvalue weighted by Crippen LogP contribution is -2.44. The van der Waals surface area contributed by atoms with Gasteiger partial charge in [-0.15, -0.1) is 0 Å². The Bertz CT molecular complexity index is 1670. The zero-order valence-electron chi connectivity index (χ0n) is 22.7. The number of imidazole rings is 1. The van der Waals surface area contributed by atoms with E-state index in [0.29, 0.717) is 33.6 Å². The van der Waals surface area contributed by atoms with Gasteiger partial charge in [-0.3, -0.25) is 15.0 Å². The molecule has 4 heterocycles. The second kappa shape index (κ2) is 10.5. The largest absolute Gasteiger partial charge is 0.480 e. The van der Waals surface area contributed by atoms with E-state index >= 15 is 0 Å². The highest BCUT2D eigenvalue weighted by Gasteiger charge is 2.41. The number of ether oxygens (including phenoxy) is 2. The number of aryl methyl sites for hydroxylation is 2. The number of hydrogen-bond donors (Lipinski definition) is 1. The monoisotopic (exact) mass is 583 g/mol. The van der Waals surface area contributed by atoms with Crippen molar-refractivity contribution in [3.05, 3.63) is 73.9 Å². The van der Waals surface area contributed by atoms with Gasteiger partial charge in [0, 0.05) is 30.5 Å². The molecule has 1 aliphatic rings. The molecular weight excluding hydrogens is 557 g/mol. The van der Waals surface area contributed by atoms with E-state index in [-0.39, 0.29) is 28.5 Å². The van der Waals surface area contributed by atoms with Gasteiger partial charge >= 0.3 is 12.0 Å². The van der Waals surface area contributed by atoms with Gasteiger partial charge in [0.25, 0.3) is 5.56 Å². The molecule has 0 saturated carbocycles. The molecule has 0 radical (unpaired) electrons. The average molecular weight is 584 g/mol. The Morgan fingerprint density at radius 1 is 1.07 bits per heavy atom. The summed E-state index contributed by atoms with van der Waals surface area (Å²) < 4.78 is 14.1. The van der Waals surface area contributed by atoms with E-state index in [0.717, 1.165) is 11.1 Å². The summed E-state index contributed by atoms with van der Waals surface area (Å²) in [5.41, 5.74) is 2.96. The second-order valence-corrected chi connectivity index (χ2v) is 10.4. The number of nitrogens with zero attached hydrogens (tertiary/aromatic N) is 6. The summed E-state index contributed by atoms with van der Waals surface area (Å²) in [5, 5.41) is 3.49. The number of halogens is 2. The number of carbonyl (C=O) groups excluding carboxylic acids is 1. The molecule has 40 heavy (non-hydrogen) atoms. The first-order chi connectivity index (χ1) is 19.0. The number of amides is 2. The molecular formula is C27H27Cl2N7O4. The Morgan fingerprint density at radius 2 is 1.82 bits per heavy atom. The number of urea groups is 1. The minimum atomic E-state index is -0.664. The SMILES string of the molecule is COc1ncc(-c2nc3c(n2C(C)C)C(c2ccc(Cl)cc2C)N(c2cc(Cl)c(=O)n(C)c2)C(=O)N3)c(OC)n1. The maximum atomic E-state index is 13.8. The molecule has 0 fully saturated rings. The van der Waals surface area contributed by atoms with Crippen LogP contribution in [0.3, 0.4) is 0 Å². The van der Waals surface area contributed by atoms with Crippen LogP contribution in [0.5, 0.6) is 11.9 Å². The lowest BCUT2D eigenvalue weighted by Gasteiger charge is -2.38. The fraction of sp³-hybridized carbons (Fsp3) is 0.296. The number of nitrogens with one attached hydrogen (secondary N) is 1. The van der Waals surface area contributed by atoms with E-state index in [4.69, 9.17) is 37.7 Å². The molecule has 0 aliphatic carbocycles. The summed E-state index contributed by atoms with van der Waals surface area (Å²) >= 11 is 12.6. The van der Waals surface area contributed by atoms with Crippen LogP contribution in [0.15, 0.2) is 41.5 Å². The van der Waals surface area contributed by atoms with E-state index < -0.39 is 12.1 Å². The number of pyridine rings is 1. The quantitative estimate of drug-likeness (QED) is 0.323. The van der Waals surface area contributed by atoms with Gasteiger partial charge in [-0.25, -0.2) is 14.8 Å². The standard InChI is InChI=1S/C27H27Cl2N7O4/c1-13(2)35-21-20(17-8-7-15(28)9-14(17)3)36(16-10-19(29)25(37)34(4)12-16)27(38)32-22(21)31-23(35)18-11-30-26(40-6)33-24(18)39-5/h7-13,20H,1-6H3,(H,32,38). The van der Waals surface area contributed by atoms with Crippen LogP contribution in [0.2, 0.25) is 10.0 Å². The number of anilines is 2. The van der Waals surface area contributed by atoms with Crippen molar-refractivity contribution < 1.29 is 14.3 Å². The van der Waals surface area contributed by atoms with Gasteiger partial charge < -0.3 is 18.6 Å². The van der Waals surface area contributed by atoms with Gasteiger partial charge in [0.2, 0.25) is 5.88 Å². The predicted octanol–water partition coefficient (Wildman–Crippen LogP) is 5.39. The number of methoxy groups -OCH3 is 2. The highest BCUT2D eigenvalue weighted by Crippen LogP contribution is 2.45. The van der Waals surface area contributed by atoms with E-state index in [9.17, 15) is 9.59 Å². The summed E-state index contributed by atoms with van der Waals surface area (Å²) in [7, 11) is 4.55. The Kier molecular flexibility index (Phi) is 7.19. The maximum Gasteiger partial charge on any atom is 0.328 e. The summed E-state index contributed by atoms with van der Waals surface area (Å²) in [6.45, 7) is 5.95. The number of hydrogen-bond acceptors (Lipinski definition) is 7. The van der Waals surface area contributed by atoms with Crippen LogP contribution >= 0.6 is 23.2 Å². The predicted molar refractivity (Wildman–Crippen MR) is 153 cm³/mol. The summed E-state index contributed by atoms with van der Waals surface area (Å²) in [6.07, 6.45) is 3.15. The smallest absolute Gasteiger partial charge is 0.328 e. The first kappa shape index (κ1) is 27.5. The van der Waals surface area contributed by atoms with Gasteiger partial charge in [0.1, 0.15) is 16.9 Å². The van der Waals surface area contributed by atoms with Gasteiger partial charge in [-0.1, -0.05) is 29.3 Å². The molecule has 208 valence electrons. The zero-order valence-corrected chi connectivity index (χ0v) is 24.2. The summed E-state index contributed by atoms with van der Waals surface area (Å²) in [6, 6.07) is 5.91.